The Bertz CT molecular complexity index is 790. The molecule has 0 bridgehead atoms. The van der Waals surface area contributed by atoms with Gasteiger partial charge in [-0.15, -0.1) is 0 Å². The normalized spacial score (nSPS) is 44.9. The van der Waals surface area contributed by atoms with E-state index in [0.29, 0.717) is 17.6 Å². The molecule has 3 heteroatoms. The van der Waals surface area contributed by atoms with Gasteiger partial charge < -0.3 is 4.74 Å². The van der Waals surface area contributed by atoms with Crippen molar-refractivity contribution in [1.82, 2.24) is 0 Å². The molecule has 4 saturated carbocycles. The Kier molecular flexibility index (Phi) is 6.55. The minimum Gasteiger partial charge on any atom is -0.462 e. The molecule has 0 spiro atoms. The molecule has 5 aliphatic carbocycles. The number of esters is 1. The Balaban J connectivity index is 1.22. The van der Waals surface area contributed by atoms with E-state index in [9.17, 15) is 9.59 Å². The van der Waals surface area contributed by atoms with Crippen molar-refractivity contribution in [3.8, 4) is 0 Å². The van der Waals surface area contributed by atoms with Crippen LogP contribution in [0.25, 0.3) is 0 Å². The van der Waals surface area contributed by atoms with Gasteiger partial charge in [-0.3, -0.25) is 9.59 Å². The molecule has 5 rings (SSSR count). The second-order valence-electron chi connectivity index (χ2n) is 12.9. The van der Waals surface area contributed by atoms with Gasteiger partial charge in [-0.05, 0) is 106 Å². The van der Waals surface area contributed by atoms with Crippen molar-refractivity contribution in [3.05, 3.63) is 11.6 Å². The van der Waals surface area contributed by atoms with Crippen molar-refractivity contribution in [2.75, 3.05) is 0 Å². The number of carbonyl (C=O) groups excluding carboxylic acids is 2. The lowest BCUT2D eigenvalue weighted by Crippen LogP contribution is -2.51. The molecule has 4 fully saturated rings. The Morgan fingerprint density at radius 3 is 2.52 bits per heavy atom. The van der Waals surface area contributed by atoms with Crippen molar-refractivity contribution in [2.45, 2.75) is 123 Å². The van der Waals surface area contributed by atoms with Gasteiger partial charge in [-0.2, -0.15) is 0 Å². The summed E-state index contributed by atoms with van der Waals surface area (Å²) >= 11 is 0. The molecule has 5 aliphatic rings. The summed E-state index contributed by atoms with van der Waals surface area (Å²) in [5.74, 6) is 3.55. The van der Waals surface area contributed by atoms with E-state index in [1.165, 1.54) is 63.4 Å². The zero-order valence-corrected chi connectivity index (χ0v) is 21.4. The number of ketones is 1. The molecule has 0 N–H and O–H groups in total. The van der Waals surface area contributed by atoms with Gasteiger partial charge in [0.2, 0.25) is 0 Å². The Hall–Kier alpha value is -1.12. The van der Waals surface area contributed by atoms with E-state index in [4.69, 9.17) is 4.74 Å². The van der Waals surface area contributed by atoms with Crippen LogP contribution in [0.2, 0.25) is 0 Å². The average molecular weight is 455 g/mol. The lowest BCUT2D eigenvalue weighted by Gasteiger charge is -2.57. The highest BCUT2D eigenvalue weighted by molar-refractivity contribution is 5.91. The summed E-state index contributed by atoms with van der Waals surface area (Å²) in [4.78, 5) is 25.3. The molecule has 6 atom stereocenters. The number of hydrogen-bond acceptors (Lipinski definition) is 3. The van der Waals surface area contributed by atoms with E-state index >= 15 is 0 Å². The molecule has 0 aromatic rings. The van der Waals surface area contributed by atoms with E-state index in [-0.39, 0.29) is 28.8 Å². The number of fused-ring (bicyclic) bond motifs is 5. The molecule has 3 nitrogen and oxygen atoms in total. The molecule has 184 valence electrons. The number of rotatable bonds is 5. The lowest BCUT2D eigenvalue weighted by atomic mass is 9.47. The first-order valence-corrected chi connectivity index (χ1v) is 14.3. The minimum atomic E-state index is 0.115. The number of allylic oxidation sites excluding steroid dienone is 1. The van der Waals surface area contributed by atoms with Gasteiger partial charge in [0.25, 0.3) is 0 Å². The van der Waals surface area contributed by atoms with E-state index in [2.05, 4.69) is 20.8 Å². The van der Waals surface area contributed by atoms with Crippen LogP contribution in [0.4, 0.5) is 0 Å². The smallest absolute Gasteiger partial charge is 0.309 e. The Labute approximate surface area is 201 Å². The van der Waals surface area contributed by atoms with Crippen LogP contribution in [-0.2, 0) is 14.3 Å². The van der Waals surface area contributed by atoms with E-state index in [1.807, 2.05) is 6.08 Å². The summed E-state index contributed by atoms with van der Waals surface area (Å²) in [6.45, 7) is 7.16. The van der Waals surface area contributed by atoms with Crippen LogP contribution in [-0.4, -0.2) is 17.9 Å². The van der Waals surface area contributed by atoms with Crippen LogP contribution >= 0.6 is 0 Å². The van der Waals surface area contributed by atoms with Crippen molar-refractivity contribution in [1.29, 1.82) is 0 Å². The predicted octanol–water partition coefficient (Wildman–Crippen LogP) is 7.43. The van der Waals surface area contributed by atoms with Crippen LogP contribution in [0.15, 0.2) is 11.6 Å². The summed E-state index contributed by atoms with van der Waals surface area (Å²) in [6, 6.07) is 0. The van der Waals surface area contributed by atoms with Gasteiger partial charge in [0.1, 0.15) is 6.10 Å². The summed E-state index contributed by atoms with van der Waals surface area (Å²) in [5.41, 5.74) is 1.82. The summed E-state index contributed by atoms with van der Waals surface area (Å²) < 4.78 is 6.37. The average Bonchev–Trinajstić information content (AvgIpc) is 3.14. The maximum absolute atomic E-state index is 13.2. The first-order chi connectivity index (χ1) is 15.8. The van der Waals surface area contributed by atoms with Crippen LogP contribution in [0.3, 0.4) is 0 Å². The van der Waals surface area contributed by atoms with Crippen LogP contribution in [0, 0.1) is 40.4 Å². The largest absolute Gasteiger partial charge is 0.462 e. The molecule has 0 amide bonds. The summed E-state index contributed by atoms with van der Waals surface area (Å²) in [7, 11) is 0. The highest BCUT2D eigenvalue weighted by Gasteiger charge is 2.60. The maximum Gasteiger partial charge on any atom is 0.309 e. The van der Waals surface area contributed by atoms with Gasteiger partial charge in [0.05, 0.1) is 5.92 Å². The van der Waals surface area contributed by atoms with E-state index in [0.717, 1.165) is 50.4 Å². The highest BCUT2D eigenvalue weighted by Crippen LogP contribution is 2.65. The molecule has 0 aromatic heterocycles. The zero-order valence-electron chi connectivity index (χ0n) is 21.4. The number of carbonyl (C=O) groups is 2. The third-order valence-electron chi connectivity index (χ3n) is 11.3. The fraction of sp³-hybridized carbons (Fsp3) is 0.867. The molecular formula is C30H46O3. The van der Waals surface area contributed by atoms with Crippen LogP contribution < -0.4 is 0 Å². The Morgan fingerprint density at radius 2 is 1.76 bits per heavy atom. The molecule has 0 radical (unpaired) electrons. The monoisotopic (exact) mass is 454 g/mol. The molecule has 0 aliphatic heterocycles. The molecule has 0 unspecified atom stereocenters. The highest BCUT2D eigenvalue weighted by atomic mass is 16.5. The summed E-state index contributed by atoms with van der Waals surface area (Å²) in [6.07, 6.45) is 19.3. The second-order valence-corrected chi connectivity index (χ2v) is 12.9. The van der Waals surface area contributed by atoms with Crippen LogP contribution in [0.1, 0.15) is 117 Å². The van der Waals surface area contributed by atoms with E-state index < -0.39 is 0 Å². The van der Waals surface area contributed by atoms with Crippen molar-refractivity contribution < 1.29 is 14.3 Å². The lowest BCUT2D eigenvalue weighted by molar-refractivity contribution is -0.166. The number of unbranched alkanes of at least 4 members (excludes halogenated alkanes) is 1. The number of ether oxygens (including phenoxy) is 1. The van der Waals surface area contributed by atoms with E-state index in [1.54, 1.807) is 0 Å². The molecule has 0 heterocycles. The van der Waals surface area contributed by atoms with Gasteiger partial charge in [-0.25, -0.2) is 0 Å². The second kappa shape index (κ2) is 9.15. The maximum atomic E-state index is 13.2. The van der Waals surface area contributed by atoms with Gasteiger partial charge in [-0.1, -0.05) is 45.6 Å². The predicted molar refractivity (Wildman–Crippen MR) is 132 cm³/mol. The molecule has 0 aromatic carbocycles. The Morgan fingerprint density at radius 1 is 0.970 bits per heavy atom. The standard InChI is InChI=1S/C30H46O3/c1-4-5-6-20-7-9-21(10-8-20)28(32)33-27-14-13-25-24-12-11-22-19-23(31)15-17-29(22,2)26(24)16-18-30(25,27)3/h19-21,24-27H,4-18H2,1-3H3/t20?,21?,24-,25+,26-,27-,29-,30-/m0/s1. The van der Waals surface area contributed by atoms with Crippen LogP contribution in [0.5, 0.6) is 0 Å². The number of hydrogen-bond donors (Lipinski definition) is 0. The molecule has 0 saturated heterocycles. The van der Waals surface area contributed by atoms with Crippen molar-refractivity contribution in [3.63, 3.8) is 0 Å². The minimum absolute atomic E-state index is 0.115. The summed E-state index contributed by atoms with van der Waals surface area (Å²) in [5, 5.41) is 0. The van der Waals surface area contributed by atoms with Gasteiger partial charge >= 0.3 is 5.97 Å². The molecule has 33 heavy (non-hydrogen) atoms. The fourth-order valence-corrected chi connectivity index (χ4v) is 9.12. The third-order valence-corrected chi connectivity index (χ3v) is 11.3. The molecular weight excluding hydrogens is 408 g/mol. The van der Waals surface area contributed by atoms with Gasteiger partial charge in [0, 0.05) is 11.8 Å². The fourth-order valence-electron chi connectivity index (χ4n) is 9.12. The van der Waals surface area contributed by atoms with Gasteiger partial charge in [0.15, 0.2) is 5.78 Å². The third kappa shape index (κ3) is 4.14. The quantitative estimate of drug-likeness (QED) is 0.406. The topological polar surface area (TPSA) is 43.4 Å². The zero-order chi connectivity index (χ0) is 23.2. The first kappa shape index (κ1) is 23.6. The first-order valence-electron chi connectivity index (χ1n) is 14.3. The van der Waals surface area contributed by atoms with Crippen molar-refractivity contribution >= 4 is 11.8 Å². The van der Waals surface area contributed by atoms with Crippen molar-refractivity contribution in [2.24, 2.45) is 40.4 Å². The SMILES string of the molecule is CCCCC1CCC(C(=O)O[C@H]2CC[C@@H]3[C@@H]4CCC5=CC(=O)CC[C@]5(C)[C@H]4CC[C@]23C)CC1.